The maximum absolute atomic E-state index is 12.7. The topological polar surface area (TPSA) is 94.2 Å². The second kappa shape index (κ2) is 10.4. The van der Waals surface area contributed by atoms with E-state index in [2.05, 4.69) is 4.99 Å². The highest BCUT2D eigenvalue weighted by molar-refractivity contribution is 6.15. The third-order valence-corrected chi connectivity index (χ3v) is 4.04. The first-order chi connectivity index (χ1) is 14.6. The van der Waals surface area contributed by atoms with Crippen LogP contribution in [0.25, 0.3) is 0 Å². The van der Waals surface area contributed by atoms with Crippen LogP contribution in [0, 0.1) is 0 Å². The lowest BCUT2D eigenvalue weighted by Crippen LogP contribution is -2.43. The summed E-state index contributed by atoms with van der Waals surface area (Å²) >= 11 is 0. The molecule has 0 aliphatic heterocycles. The minimum atomic E-state index is -0.909. The molecule has 0 bridgehead atoms. The van der Waals surface area contributed by atoms with Crippen molar-refractivity contribution >= 4 is 23.8 Å². The smallest absolute Gasteiger partial charge is 0.437 e. The lowest BCUT2D eigenvalue weighted by molar-refractivity contribution is 0.149. The highest BCUT2D eigenvalue weighted by Gasteiger charge is 2.22. The van der Waals surface area contributed by atoms with Gasteiger partial charge < -0.3 is 15.2 Å². The third-order valence-electron chi connectivity index (χ3n) is 4.04. The number of amides is 2. The summed E-state index contributed by atoms with van der Waals surface area (Å²) in [4.78, 5) is 29.5. The van der Waals surface area contributed by atoms with Gasteiger partial charge in [0.25, 0.3) is 0 Å². The zero-order valence-corrected chi connectivity index (χ0v) is 16.2. The number of ether oxygens (including phenoxy) is 2. The molecule has 3 rings (SSSR count). The van der Waals surface area contributed by atoms with Crippen LogP contribution in [0.15, 0.2) is 96.0 Å². The van der Waals surface area contributed by atoms with E-state index in [-0.39, 0.29) is 19.2 Å². The average molecular weight is 403 g/mol. The monoisotopic (exact) mass is 403 g/mol. The number of para-hydroxylation sites is 1. The van der Waals surface area contributed by atoms with Gasteiger partial charge in [-0.25, -0.2) is 14.5 Å². The van der Waals surface area contributed by atoms with Crippen molar-refractivity contribution in [3.05, 3.63) is 102 Å². The summed E-state index contributed by atoms with van der Waals surface area (Å²) in [6.07, 6.45) is -1.67. The fourth-order valence-electron chi connectivity index (χ4n) is 2.59. The Hall–Kier alpha value is -4.13. The van der Waals surface area contributed by atoms with Crippen LogP contribution in [0.4, 0.5) is 15.3 Å². The van der Waals surface area contributed by atoms with E-state index in [1.807, 2.05) is 60.7 Å². The molecule has 0 saturated heterocycles. The van der Waals surface area contributed by atoms with Crippen LogP contribution in [-0.2, 0) is 22.7 Å². The van der Waals surface area contributed by atoms with E-state index < -0.39 is 12.2 Å². The molecule has 7 heteroatoms. The molecule has 30 heavy (non-hydrogen) atoms. The number of hydrogen-bond donors (Lipinski definition) is 1. The van der Waals surface area contributed by atoms with Gasteiger partial charge in [-0.05, 0) is 23.3 Å². The van der Waals surface area contributed by atoms with E-state index in [4.69, 9.17) is 15.2 Å². The van der Waals surface area contributed by atoms with Crippen molar-refractivity contribution in [1.82, 2.24) is 0 Å². The molecular weight excluding hydrogens is 382 g/mol. The van der Waals surface area contributed by atoms with Crippen molar-refractivity contribution in [1.29, 1.82) is 0 Å². The van der Waals surface area contributed by atoms with Gasteiger partial charge in [-0.3, -0.25) is 0 Å². The van der Waals surface area contributed by atoms with Gasteiger partial charge in [-0.15, -0.1) is 4.99 Å². The van der Waals surface area contributed by atoms with Gasteiger partial charge in [0, 0.05) is 0 Å². The molecule has 0 fully saturated rings. The quantitative estimate of drug-likeness (QED) is 0.501. The zero-order chi connectivity index (χ0) is 21.2. The summed E-state index contributed by atoms with van der Waals surface area (Å²) < 4.78 is 10.5. The molecule has 7 nitrogen and oxygen atoms in total. The predicted molar refractivity (Wildman–Crippen MR) is 114 cm³/mol. The highest BCUT2D eigenvalue weighted by atomic mass is 16.6. The van der Waals surface area contributed by atoms with Crippen molar-refractivity contribution in [2.24, 2.45) is 10.7 Å². The van der Waals surface area contributed by atoms with Gasteiger partial charge in [0.1, 0.15) is 13.2 Å². The molecule has 0 aliphatic rings. The number of rotatable bonds is 5. The number of guanidine groups is 1. The number of nitrogens with two attached hydrogens (primary N) is 1. The average Bonchev–Trinajstić information content (AvgIpc) is 2.78. The minimum Gasteiger partial charge on any atom is -0.444 e. The Morgan fingerprint density at radius 3 is 1.73 bits per heavy atom. The van der Waals surface area contributed by atoms with Gasteiger partial charge in [-0.2, -0.15) is 0 Å². The standard InChI is InChI=1S/C23H21N3O4/c24-21(25-22(27)29-16-18-10-4-1-5-11-18)26(20-14-8-3-9-15-20)23(28)30-17-19-12-6-2-7-13-19/h1-15H,16-17H2,(H2,24,25,27). The first-order valence-electron chi connectivity index (χ1n) is 9.24. The first kappa shape index (κ1) is 20.6. The van der Waals surface area contributed by atoms with Gasteiger partial charge in [0.15, 0.2) is 0 Å². The Bertz CT molecular complexity index is 993. The van der Waals surface area contributed by atoms with Crippen LogP contribution in [-0.4, -0.2) is 18.1 Å². The van der Waals surface area contributed by atoms with Crippen LogP contribution >= 0.6 is 0 Å². The van der Waals surface area contributed by atoms with Crippen LogP contribution < -0.4 is 10.6 Å². The normalized spacial score (nSPS) is 10.9. The molecule has 3 aromatic carbocycles. The van der Waals surface area contributed by atoms with E-state index in [1.54, 1.807) is 30.3 Å². The third kappa shape index (κ3) is 5.93. The molecule has 0 radical (unpaired) electrons. The lowest BCUT2D eigenvalue weighted by Gasteiger charge is -2.21. The maximum atomic E-state index is 12.7. The molecule has 0 aliphatic carbocycles. The molecule has 3 aromatic rings. The van der Waals surface area contributed by atoms with Gasteiger partial charge in [0.05, 0.1) is 5.69 Å². The molecular formula is C23H21N3O4. The van der Waals surface area contributed by atoms with Crippen molar-refractivity contribution in [2.75, 3.05) is 4.90 Å². The van der Waals surface area contributed by atoms with E-state index in [9.17, 15) is 9.59 Å². The van der Waals surface area contributed by atoms with Crippen molar-refractivity contribution in [2.45, 2.75) is 13.2 Å². The number of nitrogens with zero attached hydrogens (tertiary/aromatic N) is 2. The number of carbonyl (C=O) groups excluding carboxylic acids is 2. The summed E-state index contributed by atoms with van der Waals surface area (Å²) in [7, 11) is 0. The number of aliphatic imine (C=N–C) groups is 1. The minimum absolute atomic E-state index is 0.0419. The Kier molecular flexibility index (Phi) is 7.16. The number of hydrogen-bond acceptors (Lipinski definition) is 4. The van der Waals surface area contributed by atoms with Gasteiger partial charge >= 0.3 is 12.2 Å². The molecule has 0 unspecified atom stereocenters. The van der Waals surface area contributed by atoms with Crippen molar-refractivity contribution in [3.8, 4) is 0 Å². The SMILES string of the molecule is N/C(=N\C(=O)OCc1ccccc1)N(C(=O)OCc1ccccc1)c1ccccc1. The second-order valence-electron chi connectivity index (χ2n) is 6.22. The maximum Gasteiger partial charge on any atom is 0.437 e. The molecule has 0 atom stereocenters. The van der Waals surface area contributed by atoms with E-state index in [0.717, 1.165) is 16.0 Å². The molecule has 0 saturated carbocycles. The largest absolute Gasteiger partial charge is 0.444 e. The van der Waals surface area contributed by atoms with Crippen LogP contribution in [0.1, 0.15) is 11.1 Å². The van der Waals surface area contributed by atoms with Crippen molar-refractivity contribution < 1.29 is 19.1 Å². The summed E-state index contributed by atoms with van der Waals surface area (Å²) in [6.45, 7) is 0.0922. The Labute approximate surface area is 174 Å². The molecule has 2 N–H and O–H groups in total. The van der Waals surface area contributed by atoms with Crippen LogP contribution in [0.5, 0.6) is 0 Å². The predicted octanol–water partition coefficient (Wildman–Crippen LogP) is 4.48. The lowest BCUT2D eigenvalue weighted by atomic mass is 10.2. The van der Waals surface area contributed by atoms with E-state index in [0.29, 0.717) is 5.69 Å². The first-order valence-corrected chi connectivity index (χ1v) is 9.24. The van der Waals surface area contributed by atoms with Crippen LogP contribution in [0.2, 0.25) is 0 Å². The Balaban J connectivity index is 1.71. The Morgan fingerprint density at radius 1 is 0.733 bits per heavy atom. The molecule has 152 valence electrons. The summed E-state index contributed by atoms with van der Waals surface area (Å²) in [5, 5.41) is 0. The molecule has 2 amide bonds. The summed E-state index contributed by atoms with van der Waals surface area (Å²) in [5.41, 5.74) is 8.00. The van der Waals surface area contributed by atoms with Crippen molar-refractivity contribution in [3.63, 3.8) is 0 Å². The summed E-state index contributed by atoms with van der Waals surface area (Å²) in [5.74, 6) is -0.350. The number of carbonyl (C=O) groups is 2. The molecule has 0 heterocycles. The Morgan fingerprint density at radius 2 is 1.20 bits per heavy atom. The van der Waals surface area contributed by atoms with E-state index >= 15 is 0 Å². The fraction of sp³-hybridized carbons (Fsp3) is 0.0870. The number of benzene rings is 3. The number of anilines is 1. The van der Waals surface area contributed by atoms with E-state index in [1.165, 1.54) is 0 Å². The highest BCUT2D eigenvalue weighted by Crippen LogP contribution is 2.15. The fourth-order valence-corrected chi connectivity index (χ4v) is 2.59. The molecule has 0 aromatic heterocycles. The molecule has 0 spiro atoms. The summed E-state index contributed by atoms with van der Waals surface area (Å²) in [6, 6.07) is 26.9. The van der Waals surface area contributed by atoms with Crippen LogP contribution in [0.3, 0.4) is 0 Å². The second-order valence-corrected chi connectivity index (χ2v) is 6.22. The zero-order valence-electron chi connectivity index (χ0n) is 16.2. The van der Waals surface area contributed by atoms with Gasteiger partial charge in [-0.1, -0.05) is 78.9 Å². The van der Waals surface area contributed by atoms with Gasteiger partial charge in [0.2, 0.25) is 5.96 Å².